The molecular weight excluding hydrogens is 473 g/mol. The Labute approximate surface area is 207 Å². The number of methoxy groups -OCH3 is 1. The SMILES string of the molecule is CO/N=C(/C(=O)OC)c1cccc(C)c1CO/N=C(\C)c1ccc(-c2ccccc2)cc1C(F)(F)F. The van der Waals surface area contributed by atoms with Crippen LogP contribution < -0.4 is 0 Å². The van der Waals surface area contributed by atoms with Crippen LogP contribution in [0, 0.1) is 6.92 Å². The lowest BCUT2D eigenvalue weighted by Gasteiger charge is -2.15. The van der Waals surface area contributed by atoms with E-state index in [0.717, 1.165) is 11.6 Å². The highest BCUT2D eigenvalue weighted by atomic mass is 19.4. The number of ether oxygens (including phenoxy) is 1. The molecule has 0 aliphatic heterocycles. The van der Waals surface area contributed by atoms with Crippen LogP contribution in [0.2, 0.25) is 0 Å². The monoisotopic (exact) mass is 498 g/mol. The first kappa shape index (κ1) is 26.5. The van der Waals surface area contributed by atoms with Gasteiger partial charge < -0.3 is 14.4 Å². The minimum atomic E-state index is -4.59. The Balaban J connectivity index is 1.92. The van der Waals surface area contributed by atoms with Gasteiger partial charge in [-0.3, -0.25) is 0 Å². The van der Waals surface area contributed by atoms with Crippen molar-refractivity contribution < 1.29 is 32.4 Å². The highest BCUT2D eigenvalue weighted by Gasteiger charge is 2.34. The number of carbonyl (C=O) groups is 1. The highest BCUT2D eigenvalue weighted by molar-refractivity contribution is 6.43. The predicted octanol–water partition coefficient (Wildman–Crippen LogP) is 6.15. The summed E-state index contributed by atoms with van der Waals surface area (Å²) in [6.07, 6.45) is -4.59. The number of hydrogen-bond acceptors (Lipinski definition) is 6. The number of nitrogens with zero attached hydrogens (tertiary/aromatic N) is 2. The normalized spacial score (nSPS) is 12.3. The van der Waals surface area contributed by atoms with Crippen molar-refractivity contribution in [3.05, 3.63) is 94.5 Å². The van der Waals surface area contributed by atoms with Crippen molar-refractivity contribution in [3.63, 3.8) is 0 Å². The van der Waals surface area contributed by atoms with Gasteiger partial charge in [-0.25, -0.2) is 4.79 Å². The van der Waals surface area contributed by atoms with Gasteiger partial charge in [-0.05, 0) is 36.6 Å². The number of esters is 1. The topological polar surface area (TPSA) is 69.5 Å². The van der Waals surface area contributed by atoms with E-state index in [1.807, 2.05) is 0 Å². The maximum atomic E-state index is 13.9. The Morgan fingerprint density at radius 3 is 2.25 bits per heavy atom. The molecule has 0 aliphatic carbocycles. The summed E-state index contributed by atoms with van der Waals surface area (Å²) >= 11 is 0. The molecule has 3 aromatic rings. The smallest absolute Gasteiger partial charge is 0.417 e. The van der Waals surface area contributed by atoms with Gasteiger partial charge in [-0.1, -0.05) is 71.0 Å². The lowest BCUT2D eigenvalue weighted by Crippen LogP contribution is -2.20. The summed E-state index contributed by atoms with van der Waals surface area (Å²) in [5.41, 5.74) is 1.91. The summed E-state index contributed by atoms with van der Waals surface area (Å²) < 4.78 is 46.5. The lowest BCUT2D eigenvalue weighted by molar-refractivity contribution is -0.137. The average molecular weight is 499 g/mol. The van der Waals surface area contributed by atoms with Crippen LogP contribution in [-0.4, -0.2) is 31.6 Å². The molecule has 0 saturated carbocycles. The molecule has 0 bridgehead atoms. The lowest BCUT2D eigenvalue weighted by atomic mass is 9.97. The standard InChI is InChI=1S/C27H25F3N2O4/c1-17-9-8-12-22(25(32-35-4)26(33)34-3)23(17)16-36-31-18(2)21-14-13-20(15-24(21)27(28,29)30)19-10-6-5-7-11-19/h5-15H,16H2,1-4H3/b31-18+,32-25+. The summed E-state index contributed by atoms with van der Waals surface area (Å²) in [4.78, 5) is 22.4. The molecule has 3 aromatic carbocycles. The molecule has 9 heteroatoms. The van der Waals surface area contributed by atoms with Gasteiger partial charge in [0.25, 0.3) is 0 Å². The fraction of sp³-hybridized carbons (Fsp3) is 0.222. The third kappa shape index (κ3) is 6.10. The first-order valence-electron chi connectivity index (χ1n) is 10.9. The summed E-state index contributed by atoms with van der Waals surface area (Å²) in [7, 11) is 2.51. The molecule has 0 saturated heterocycles. The number of alkyl halides is 3. The summed E-state index contributed by atoms with van der Waals surface area (Å²) in [5.74, 6) is -0.711. The molecule has 0 heterocycles. The number of halogens is 3. The van der Waals surface area contributed by atoms with Crippen molar-refractivity contribution in [2.75, 3.05) is 14.2 Å². The van der Waals surface area contributed by atoms with Gasteiger partial charge in [0.15, 0.2) is 5.71 Å². The fourth-order valence-corrected chi connectivity index (χ4v) is 3.65. The zero-order valence-corrected chi connectivity index (χ0v) is 20.2. The number of carbonyl (C=O) groups excluding carboxylic acids is 1. The molecule has 0 atom stereocenters. The first-order chi connectivity index (χ1) is 17.2. The number of aryl methyl sites for hydroxylation is 1. The van der Waals surface area contributed by atoms with E-state index in [-0.39, 0.29) is 23.6 Å². The third-order valence-electron chi connectivity index (χ3n) is 5.46. The third-order valence-corrected chi connectivity index (χ3v) is 5.46. The quantitative estimate of drug-likeness (QED) is 0.212. The van der Waals surface area contributed by atoms with Gasteiger partial charge in [0, 0.05) is 16.7 Å². The molecular formula is C27H25F3N2O4. The second-order valence-electron chi connectivity index (χ2n) is 7.79. The molecule has 0 spiro atoms. The molecule has 0 amide bonds. The van der Waals surface area contributed by atoms with Gasteiger partial charge in [-0.15, -0.1) is 0 Å². The van der Waals surface area contributed by atoms with E-state index in [2.05, 4.69) is 10.3 Å². The number of oxime groups is 2. The average Bonchev–Trinajstić information content (AvgIpc) is 2.87. The van der Waals surface area contributed by atoms with Crippen LogP contribution in [0.15, 0.2) is 77.0 Å². The van der Waals surface area contributed by atoms with Gasteiger partial charge >= 0.3 is 12.1 Å². The van der Waals surface area contributed by atoms with E-state index in [4.69, 9.17) is 14.4 Å². The van der Waals surface area contributed by atoms with Crippen LogP contribution in [-0.2, 0) is 32.0 Å². The van der Waals surface area contributed by atoms with Crippen LogP contribution in [0.1, 0.15) is 34.7 Å². The molecule has 0 radical (unpaired) electrons. The summed E-state index contributed by atoms with van der Waals surface area (Å²) in [5, 5.41) is 7.70. The molecule has 0 aliphatic rings. The maximum Gasteiger partial charge on any atom is 0.417 e. The van der Waals surface area contributed by atoms with Crippen molar-refractivity contribution in [1.29, 1.82) is 0 Å². The largest absolute Gasteiger partial charge is 0.464 e. The molecule has 0 unspecified atom stereocenters. The molecule has 0 aromatic heterocycles. The van der Waals surface area contributed by atoms with E-state index < -0.39 is 17.7 Å². The summed E-state index contributed by atoms with van der Waals surface area (Å²) in [6.45, 7) is 3.12. The van der Waals surface area contributed by atoms with Crippen molar-refractivity contribution >= 4 is 17.4 Å². The van der Waals surface area contributed by atoms with Gasteiger partial charge in [-0.2, -0.15) is 13.2 Å². The van der Waals surface area contributed by atoms with Crippen LogP contribution in [0.4, 0.5) is 13.2 Å². The second-order valence-corrected chi connectivity index (χ2v) is 7.79. The minimum Gasteiger partial charge on any atom is -0.464 e. The van der Waals surface area contributed by atoms with E-state index >= 15 is 0 Å². The highest BCUT2D eigenvalue weighted by Crippen LogP contribution is 2.35. The fourth-order valence-electron chi connectivity index (χ4n) is 3.65. The maximum absolute atomic E-state index is 13.9. The van der Waals surface area contributed by atoms with Crippen molar-refractivity contribution in [2.24, 2.45) is 10.3 Å². The van der Waals surface area contributed by atoms with Gasteiger partial charge in [0.1, 0.15) is 13.7 Å². The first-order valence-corrected chi connectivity index (χ1v) is 10.9. The van der Waals surface area contributed by atoms with Crippen LogP contribution in [0.25, 0.3) is 11.1 Å². The van der Waals surface area contributed by atoms with Crippen LogP contribution >= 0.6 is 0 Å². The number of hydrogen-bond donors (Lipinski definition) is 0. The molecule has 3 rings (SSSR count). The Bertz CT molecular complexity index is 1290. The minimum absolute atomic E-state index is 0.0517. The molecule has 188 valence electrons. The summed E-state index contributed by atoms with van der Waals surface area (Å²) in [6, 6.07) is 18.1. The van der Waals surface area contributed by atoms with E-state index in [9.17, 15) is 18.0 Å². The van der Waals surface area contributed by atoms with E-state index in [1.165, 1.54) is 27.2 Å². The Morgan fingerprint density at radius 2 is 1.61 bits per heavy atom. The molecule has 6 nitrogen and oxygen atoms in total. The Morgan fingerprint density at radius 1 is 0.889 bits per heavy atom. The van der Waals surface area contributed by atoms with Crippen molar-refractivity contribution in [2.45, 2.75) is 26.6 Å². The van der Waals surface area contributed by atoms with Gasteiger partial charge in [0.2, 0.25) is 0 Å². The predicted molar refractivity (Wildman–Crippen MR) is 131 cm³/mol. The molecule has 0 fully saturated rings. The van der Waals surface area contributed by atoms with Crippen molar-refractivity contribution in [3.8, 4) is 11.1 Å². The van der Waals surface area contributed by atoms with Crippen LogP contribution in [0.3, 0.4) is 0 Å². The van der Waals surface area contributed by atoms with Crippen molar-refractivity contribution in [1.82, 2.24) is 0 Å². The number of benzene rings is 3. The zero-order valence-electron chi connectivity index (χ0n) is 20.2. The van der Waals surface area contributed by atoms with Crippen LogP contribution in [0.5, 0.6) is 0 Å². The second kappa shape index (κ2) is 11.5. The number of rotatable bonds is 8. The zero-order chi connectivity index (χ0) is 26.3. The Kier molecular flexibility index (Phi) is 8.47. The van der Waals surface area contributed by atoms with Gasteiger partial charge in [0.05, 0.1) is 18.4 Å². The van der Waals surface area contributed by atoms with E-state index in [0.29, 0.717) is 22.3 Å². The van der Waals surface area contributed by atoms with E-state index in [1.54, 1.807) is 61.5 Å². The Hall–Kier alpha value is -4.14. The molecule has 0 N–H and O–H groups in total. The molecule has 36 heavy (non-hydrogen) atoms.